The van der Waals surface area contributed by atoms with E-state index in [1.54, 1.807) is 0 Å². The number of Topliss-reactive ketones (excluding diaryl/α,β-unsaturated/α-hetero) is 1. The van der Waals surface area contributed by atoms with Crippen LogP contribution in [0, 0.1) is 17.8 Å². The van der Waals surface area contributed by atoms with E-state index in [0.29, 0.717) is 30.6 Å². The first-order valence-corrected chi connectivity index (χ1v) is 5.20. The first kappa shape index (κ1) is 12.6. The second kappa shape index (κ2) is 6.14. The van der Waals surface area contributed by atoms with E-state index in [1.807, 2.05) is 13.8 Å². The molecule has 0 rings (SSSR count). The first-order chi connectivity index (χ1) is 5.97. The number of carbonyl (C=O) groups excluding carboxylic acids is 1. The maximum atomic E-state index is 11.4. The summed E-state index contributed by atoms with van der Waals surface area (Å²) in [7, 11) is 0. The number of rotatable bonds is 6. The summed E-state index contributed by atoms with van der Waals surface area (Å²) in [6, 6.07) is 0. The molecule has 0 aromatic heterocycles. The predicted molar refractivity (Wildman–Crippen MR) is 56.5 cm³/mol. The lowest BCUT2D eigenvalue weighted by Gasteiger charge is -2.17. The van der Waals surface area contributed by atoms with Crippen LogP contribution in [0.15, 0.2) is 0 Å². The monoisotopic (exact) mass is 185 g/mol. The summed E-state index contributed by atoms with van der Waals surface area (Å²) < 4.78 is 0. The van der Waals surface area contributed by atoms with Gasteiger partial charge in [-0.15, -0.1) is 0 Å². The van der Waals surface area contributed by atoms with E-state index in [2.05, 4.69) is 13.8 Å². The second-order valence-corrected chi connectivity index (χ2v) is 4.56. The van der Waals surface area contributed by atoms with Crippen LogP contribution in [0.25, 0.3) is 0 Å². The van der Waals surface area contributed by atoms with E-state index in [-0.39, 0.29) is 5.92 Å². The quantitative estimate of drug-likeness (QED) is 0.689. The van der Waals surface area contributed by atoms with Gasteiger partial charge in [-0.3, -0.25) is 4.79 Å². The smallest absolute Gasteiger partial charge is 0.135 e. The summed E-state index contributed by atoms with van der Waals surface area (Å²) in [5.74, 6) is 1.51. The Morgan fingerprint density at radius 3 is 2.08 bits per heavy atom. The van der Waals surface area contributed by atoms with Crippen molar-refractivity contribution in [3.8, 4) is 0 Å². The molecule has 2 nitrogen and oxygen atoms in total. The molecule has 0 fully saturated rings. The molecular formula is C11H23NO. The zero-order valence-electron chi connectivity index (χ0n) is 9.34. The third kappa shape index (κ3) is 5.81. The van der Waals surface area contributed by atoms with E-state index in [4.69, 9.17) is 5.73 Å². The van der Waals surface area contributed by atoms with Crippen molar-refractivity contribution >= 4 is 5.78 Å². The van der Waals surface area contributed by atoms with Crippen LogP contribution in [0.1, 0.15) is 40.5 Å². The maximum absolute atomic E-state index is 11.4. The molecule has 0 saturated heterocycles. The molecule has 0 saturated carbocycles. The maximum Gasteiger partial charge on any atom is 0.135 e. The van der Waals surface area contributed by atoms with Gasteiger partial charge < -0.3 is 5.73 Å². The Bertz CT molecular complexity index is 152. The average Bonchev–Trinajstić information content (AvgIpc) is 2.02. The largest absolute Gasteiger partial charge is 0.330 e. The molecule has 1 atom stereocenters. The highest BCUT2D eigenvalue weighted by atomic mass is 16.1. The minimum Gasteiger partial charge on any atom is -0.330 e. The molecule has 0 spiro atoms. The number of carbonyl (C=O) groups is 1. The Morgan fingerprint density at radius 2 is 1.77 bits per heavy atom. The van der Waals surface area contributed by atoms with E-state index >= 15 is 0 Å². The third-order valence-electron chi connectivity index (χ3n) is 2.27. The zero-order chi connectivity index (χ0) is 10.4. The zero-order valence-corrected chi connectivity index (χ0v) is 9.34. The van der Waals surface area contributed by atoms with E-state index < -0.39 is 0 Å². The average molecular weight is 185 g/mol. The molecule has 0 aliphatic carbocycles. The van der Waals surface area contributed by atoms with Gasteiger partial charge in [0.2, 0.25) is 0 Å². The minimum atomic E-state index is 0.154. The molecule has 13 heavy (non-hydrogen) atoms. The Kier molecular flexibility index (Phi) is 5.97. The van der Waals surface area contributed by atoms with Gasteiger partial charge >= 0.3 is 0 Å². The van der Waals surface area contributed by atoms with Gasteiger partial charge in [0.05, 0.1) is 0 Å². The Hall–Kier alpha value is -0.370. The summed E-state index contributed by atoms with van der Waals surface area (Å²) in [4.78, 5) is 11.4. The number of ketones is 1. The van der Waals surface area contributed by atoms with Crippen LogP contribution in [0.2, 0.25) is 0 Å². The SMILES string of the molecule is CC(C)CC(CN)CC(=O)C(C)C. The molecule has 0 bridgehead atoms. The molecule has 78 valence electrons. The van der Waals surface area contributed by atoms with Gasteiger partial charge in [-0.2, -0.15) is 0 Å². The summed E-state index contributed by atoms with van der Waals surface area (Å²) >= 11 is 0. The van der Waals surface area contributed by atoms with Crippen molar-refractivity contribution in [2.24, 2.45) is 23.5 Å². The van der Waals surface area contributed by atoms with Crippen molar-refractivity contribution in [2.45, 2.75) is 40.5 Å². The van der Waals surface area contributed by atoms with Gasteiger partial charge in [-0.05, 0) is 24.8 Å². The molecule has 2 heteroatoms. The van der Waals surface area contributed by atoms with Crippen LogP contribution in [-0.2, 0) is 4.79 Å². The Balaban J connectivity index is 3.90. The Morgan fingerprint density at radius 1 is 1.23 bits per heavy atom. The molecule has 0 amide bonds. The van der Waals surface area contributed by atoms with Crippen molar-refractivity contribution in [3.63, 3.8) is 0 Å². The molecule has 0 aromatic carbocycles. The van der Waals surface area contributed by atoms with Crippen molar-refractivity contribution in [2.75, 3.05) is 6.54 Å². The number of nitrogens with two attached hydrogens (primary N) is 1. The van der Waals surface area contributed by atoms with Gasteiger partial charge in [-0.1, -0.05) is 27.7 Å². The molecule has 0 heterocycles. The standard InChI is InChI=1S/C11H23NO/c1-8(2)5-10(7-12)6-11(13)9(3)4/h8-10H,5-7,12H2,1-4H3. The number of hydrogen-bond donors (Lipinski definition) is 1. The van der Waals surface area contributed by atoms with E-state index in [9.17, 15) is 4.79 Å². The summed E-state index contributed by atoms with van der Waals surface area (Å²) in [6.45, 7) is 8.87. The topological polar surface area (TPSA) is 43.1 Å². The lowest BCUT2D eigenvalue weighted by molar-refractivity contribution is -0.122. The van der Waals surface area contributed by atoms with Gasteiger partial charge in [0, 0.05) is 12.3 Å². The third-order valence-corrected chi connectivity index (χ3v) is 2.27. The van der Waals surface area contributed by atoms with E-state index in [1.165, 1.54) is 0 Å². The van der Waals surface area contributed by atoms with Crippen molar-refractivity contribution in [1.82, 2.24) is 0 Å². The fourth-order valence-electron chi connectivity index (χ4n) is 1.45. The Labute approximate surface area is 81.9 Å². The van der Waals surface area contributed by atoms with Crippen molar-refractivity contribution < 1.29 is 4.79 Å². The van der Waals surface area contributed by atoms with Crippen LogP contribution in [0.3, 0.4) is 0 Å². The first-order valence-electron chi connectivity index (χ1n) is 5.20. The van der Waals surface area contributed by atoms with Gasteiger partial charge in [0.15, 0.2) is 0 Å². The summed E-state index contributed by atoms with van der Waals surface area (Å²) in [6.07, 6.45) is 1.72. The summed E-state index contributed by atoms with van der Waals surface area (Å²) in [5.41, 5.74) is 5.62. The normalized spacial score (nSPS) is 13.8. The molecule has 0 aliphatic rings. The highest BCUT2D eigenvalue weighted by Crippen LogP contribution is 2.16. The fraction of sp³-hybridized carbons (Fsp3) is 0.909. The lowest BCUT2D eigenvalue weighted by atomic mass is 9.90. The molecule has 1 unspecified atom stereocenters. The predicted octanol–water partition coefficient (Wildman–Crippen LogP) is 2.22. The van der Waals surface area contributed by atoms with Gasteiger partial charge in [0.1, 0.15) is 5.78 Å². The lowest BCUT2D eigenvalue weighted by Crippen LogP contribution is -2.22. The van der Waals surface area contributed by atoms with Gasteiger partial charge in [0.25, 0.3) is 0 Å². The van der Waals surface area contributed by atoms with Crippen molar-refractivity contribution in [3.05, 3.63) is 0 Å². The van der Waals surface area contributed by atoms with Crippen LogP contribution in [0.4, 0.5) is 0 Å². The molecule has 0 aliphatic heterocycles. The minimum absolute atomic E-state index is 0.154. The summed E-state index contributed by atoms with van der Waals surface area (Å²) in [5, 5.41) is 0. The fourth-order valence-corrected chi connectivity index (χ4v) is 1.45. The second-order valence-electron chi connectivity index (χ2n) is 4.56. The highest BCUT2D eigenvalue weighted by Gasteiger charge is 2.15. The highest BCUT2D eigenvalue weighted by molar-refractivity contribution is 5.80. The molecular weight excluding hydrogens is 162 g/mol. The molecule has 0 radical (unpaired) electrons. The van der Waals surface area contributed by atoms with Gasteiger partial charge in [-0.25, -0.2) is 0 Å². The van der Waals surface area contributed by atoms with E-state index in [0.717, 1.165) is 6.42 Å². The van der Waals surface area contributed by atoms with Crippen LogP contribution >= 0.6 is 0 Å². The number of hydrogen-bond acceptors (Lipinski definition) is 2. The van der Waals surface area contributed by atoms with Crippen molar-refractivity contribution in [1.29, 1.82) is 0 Å². The molecule has 2 N–H and O–H groups in total. The van der Waals surface area contributed by atoms with Crippen LogP contribution in [-0.4, -0.2) is 12.3 Å². The van der Waals surface area contributed by atoms with Crippen LogP contribution in [0.5, 0.6) is 0 Å². The van der Waals surface area contributed by atoms with Crippen LogP contribution < -0.4 is 5.73 Å². The molecule has 0 aromatic rings.